The third kappa shape index (κ3) is 1.29. The summed E-state index contributed by atoms with van der Waals surface area (Å²) < 4.78 is 0. The van der Waals surface area contributed by atoms with E-state index in [1.165, 1.54) is 32.4 Å². The quantitative estimate of drug-likeness (QED) is 0.548. The normalized spacial score (nSPS) is 44.7. The van der Waals surface area contributed by atoms with Gasteiger partial charge in [0.1, 0.15) is 0 Å². The van der Waals surface area contributed by atoms with Crippen LogP contribution in [-0.4, -0.2) is 30.9 Å². The Morgan fingerprint density at radius 1 is 1.55 bits per heavy atom. The van der Waals surface area contributed by atoms with Crippen molar-refractivity contribution in [3.8, 4) is 0 Å². The summed E-state index contributed by atoms with van der Waals surface area (Å²) in [6, 6.07) is 0. The van der Waals surface area contributed by atoms with Gasteiger partial charge in [-0.15, -0.1) is 11.6 Å². The molecule has 0 atom stereocenters. The van der Waals surface area contributed by atoms with E-state index in [0.717, 1.165) is 11.8 Å². The third-order valence-electron chi connectivity index (χ3n) is 3.29. The Morgan fingerprint density at radius 2 is 2.27 bits per heavy atom. The van der Waals surface area contributed by atoms with Crippen LogP contribution >= 0.6 is 11.6 Å². The highest BCUT2D eigenvalue weighted by atomic mass is 35.5. The number of nitrogens with zero attached hydrogens (tertiary/aromatic N) is 1. The lowest BCUT2D eigenvalue weighted by molar-refractivity contribution is 0.0805. The highest BCUT2D eigenvalue weighted by molar-refractivity contribution is 6.18. The zero-order valence-corrected chi connectivity index (χ0v) is 7.90. The van der Waals surface area contributed by atoms with Crippen LogP contribution < -0.4 is 0 Å². The zero-order valence-electron chi connectivity index (χ0n) is 7.15. The lowest BCUT2D eigenvalue weighted by atomic mass is 9.62. The number of hydrogen-bond acceptors (Lipinski definition) is 1. The fourth-order valence-corrected chi connectivity index (χ4v) is 2.98. The second kappa shape index (κ2) is 2.63. The Morgan fingerprint density at radius 3 is 2.73 bits per heavy atom. The molecule has 1 aliphatic heterocycles. The van der Waals surface area contributed by atoms with E-state index >= 15 is 0 Å². The van der Waals surface area contributed by atoms with Gasteiger partial charge in [0.2, 0.25) is 0 Å². The van der Waals surface area contributed by atoms with Gasteiger partial charge in [-0.1, -0.05) is 0 Å². The molecule has 64 valence electrons. The molecule has 1 saturated carbocycles. The van der Waals surface area contributed by atoms with E-state index in [0.29, 0.717) is 5.41 Å². The van der Waals surface area contributed by atoms with Gasteiger partial charge in [-0.05, 0) is 44.2 Å². The van der Waals surface area contributed by atoms with E-state index in [1.54, 1.807) is 0 Å². The average Bonchev–Trinajstić information content (AvgIpc) is 2.28. The van der Waals surface area contributed by atoms with Crippen LogP contribution in [0.2, 0.25) is 0 Å². The van der Waals surface area contributed by atoms with E-state index in [1.807, 2.05) is 0 Å². The molecule has 0 aromatic heterocycles. The van der Waals surface area contributed by atoms with Gasteiger partial charge in [0, 0.05) is 12.4 Å². The Labute approximate surface area is 73.7 Å². The molecular formula is C9H16ClN. The molecule has 0 unspecified atom stereocenters. The summed E-state index contributed by atoms with van der Waals surface area (Å²) in [6.45, 7) is 2.62. The van der Waals surface area contributed by atoms with Crippen LogP contribution in [0, 0.1) is 11.3 Å². The Kier molecular flexibility index (Phi) is 1.89. The molecule has 1 saturated heterocycles. The number of rotatable bonds is 1. The van der Waals surface area contributed by atoms with Crippen LogP contribution in [0.3, 0.4) is 0 Å². The van der Waals surface area contributed by atoms with Gasteiger partial charge < -0.3 is 4.90 Å². The summed E-state index contributed by atoms with van der Waals surface area (Å²) in [4.78, 5) is 2.45. The maximum atomic E-state index is 5.79. The monoisotopic (exact) mass is 173 g/mol. The fraction of sp³-hybridized carbons (Fsp3) is 1.00. The fourth-order valence-electron chi connectivity index (χ4n) is 2.77. The highest BCUT2D eigenvalue weighted by Gasteiger charge is 2.46. The van der Waals surface area contributed by atoms with E-state index in [4.69, 9.17) is 11.6 Å². The summed E-state index contributed by atoms with van der Waals surface area (Å²) >= 11 is 5.79. The molecule has 0 radical (unpaired) electrons. The van der Waals surface area contributed by atoms with Crippen LogP contribution in [0.25, 0.3) is 0 Å². The van der Waals surface area contributed by atoms with E-state index in [-0.39, 0.29) is 0 Å². The number of halogens is 1. The van der Waals surface area contributed by atoms with Crippen LogP contribution in [0.1, 0.15) is 19.3 Å². The molecular weight excluding hydrogens is 158 g/mol. The Bertz CT molecular complexity index is 152. The first-order chi connectivity index (χ1) is 5.24. The highest BCUT2D eigenvalue weighted by Crippen LogP contribution is 2.51. The summed E-state index contributed by atoms with van der Waals surface area (Å²) in [5, 5.41) is 0. The largest absolute Gasteiger partial charge is 0.306 e. The molecule has 1 heterocycles. The van der Waals surface area contributed by atoms with Crippen LogP contribution in [-0.2, 0) is 0 Å². The maximum Gasteiger partial charge on any atom is 0.0252 e. The third-order valence-corrected chi connectivity index (χ3v) is 3.73. The van der Waals surface area contributed by atoms with Gasteiger partial charge >= 0.3 is 0 Å². The molecule has 0 amide bonds. The molecule has 2 rings (SSSR count). The van der Waals surface area contributed by atoms with Crippen molar-refractivity contribution in [2.75, 3.05) is 26.0 Å². The lowest BCUT2D eigenvalue weighted by Gasteiger charge is -2.44. The predicted molar refractivity (Wildman–Crippen MR) is 48.0 cm³/mol. The van der Waals surface area contributed by atoms with Gasteiger partial charge in [0.15, 0.2) is 0 Å². The SMILES string of the molecule is CN1CCC2(CC(CCl)C2)C1. The lowest BCUT2D eigenvalue weighted by Crippen LogP contribution is -2.39. The molecule has 1 spiro atoms. The van der Waals surface area contributed by atoms with E-state index in [9.17, 15) is 0 Å². The van der Waals surface area contributed by atoms with Crippen molar-refractivity contribution in [3.63, 3.8) is 0 Å². The first-order valence-electron chi connectivity index (χ1n) is 4.49. The first-order valence-corrected chi connectivity index (χ1v) is 5.02. The smallest absolute Gasteiger partial charge is 0.0252 e. The van der Waals surface area contributed by atoms with Crippen LogP contribution in [0.15, 0.2) is 0 Å². The van der Waals surface area contributed by atoms with Crippen molar-refractivity contribution in [1.82, 2.24) is 4.90 Å². The standard InChI is InChI=1S/C9H16ClN/c1-11-3-2-9(7-11)4-8(5-9)6-10/h8H,2-7H2,1H3. The second-order valence-corrected chi connectivity index (χ2v) is 4.72. The Balaban J connectivity index is 1.87. The molecule has 0 N–H and O–H groups in total. The molecule has 0 bridgehead atoms. The van der Waals surface area contributed by atoms with Crippen molar-refractivity contribution in [3.05, 3.63) is 0 Å². The number of hydrogen-bond donors (Lipinski definition) is 0. The molecule has 11 heavy (non-hydrogen) atoms. The molecule has 1 aliphatic carbocycles. The van der Waals surface area contributed by atoms with Gasteiger partial charge in [0.25, 0.3) is 0 Å². The number of likely N-dealkylation sites (tertiary alicyclic amines) is 1. The zero-order chi connectivity index (χ0) is 7.90. The van der Waals surface area contributed by atoms with Crippen LogP contribution in [0.4, 0.5) is 0 Å². The van der Waals surface area contributed by atoms with Gasteiger partial charge in [0.05, 0.1) is 0 Å². The van der Waals surface area contributed by atoms with Crippen LogP contribution in [0.5, 0.6) is 0 Å². The second-order valence-electron chi connectivity index (χ2n) is 4.42. The summed E-state index contributed by atoms with van der Waals surface area (Å²) in [7, 11) is 2.22. The minimum atomic E-state index is 0.703. The van der Waals surface area contributed by atoms with Crippen molar-refractivity contribution in [2.24, 2.45) is 11.3 Å². The Hall–Kier alpha value is 0.250. The first kappa shape index (κ1) is 7.88. The molecule has 0 aromatic rings. The summed E-state index contributed by atoms with van der Waals surface area (Å²) in [5.74, 6) is 1.72. The van der Waals surface area contributed by atoms with Crippen molar-refractivity contribution in [1.29, 1.82) is 0 Å². The van der Waals surface area contributed by atoms with E-state index in [2.05, 4.69) is 11.9 Å². The molecule has 2 aliphatic rings. The minimum absolute atomic E-state index is 0.703. The minimum Gasteiger partial charge on any atom is -0.306 e. The van der Waals surface area contributed by atoms with Crippen molar-refractivity contribution < 1.29 is 0 Å². The molecule has 0 aromatic carbocycles. The molecule has 2 fully saturated rings. The van der Waals surface area contributed by atoms with E-state index < -0.39 is 0 Å². The summed E-state index contributed by atoms with van der Waals surface area (Å²) in [5.41, 5.74) is 0.703. The maximum absolute atomic E-state index is 5.79. The number of alkyl halides is 1. The van der Waals surface area contributed by atoms with Gasteiger partial charge in [-0.2, -0.15) is 0 Å². The molecule has 1 nitrogen and oxygen atoms in total. The van der Waals surface area contributed by atoms with Crippen molar-refractivity contribution >= 4 is 11.6 Å². The topological polar surface area (TPSA) is 3.24 Å². The van der Waals surface area contributed by atoms with Gasteiger partial charge in [-0.25, -0.2) is 0 Å². The van der Waals surface area contributed by atoms with Gasteiger partial charge in [-0.3, -0.25) is 0 Å². The average molecular weight is 174 g/mol. The summed E-state index contributed by atoms with van der Waals surface area (Å²) in [6.07, 6.45) is 4.19. The van der Waals surface area contributed by atoms with Crippen molar-refractivity contribution in [2.45, 2.75) is 19.3 Å². The predicted octanol–water partition coefficient (Wildman–Crippen LogP) is 1.96. The molecule has 2 heteroatoms.